The molecule has 0 bridgehead atoms. The average Bonchev–Trinajstić information content (AvgIpc) is 2.92. The van der Waals surface area contributed by atoms with Crippen molar-refractivity contribution in [1.29, 1.82) is 0 Å². The third kappa shape index (κ3) is 3.41. The zero-order valence-electron chi connectivity index (χ0n) is 12.3. The fourth-order valence-corrected chi connectivity index (χ4v) is 4.46. The second-order valence-electron chi connectivity index (χ2n) is 5.32. The molecule has 0 saturated heterocycles. The van der Waals surface area contributed by atoms with E-state index >= 15 is 0 Å². The van der Waals surface area contributed by atoms with Crippen molar-refractivity contribution >= 4 is 34.1 Å². The van der Waals surface area contributed by atoms with Crippen LogP contribution in [-0.4, -0.2) is 21.4 Å². The van der Waals surface area contributed by atoms with Gasteiger partial charge in [-0.2, -0.15) is 0 Å². The molecule has 0 radical (unpaired) electrons. The van der Waals surface area contributed by atoms with Gasteiger partial charge in [0.25, 0.3) is 0 Å². The van der Waals surface area contributed by atoms with Crippen LogP contribution in [0.25, 0.3) is 0 Å². The largest absolute Gasteiger partial charge is 0.374 e. The van der Waals surface area contributed by atoms with Crippen molar-refractivity contribution in [2.75, 3.05) is 5.73 Å². The van der Waals surface area contributed by atoms with Crippen molar-refractivity contribution in [1.82, 2.24) is 15.5 Å². The van der Waals surface area contributed by atoms with E-state index in [0.717, 1.165) is 23.6 Å². The van der Waals surface area contributed by atoms with E-state index in [9.17, 15) is 4.79 Å². The Morgan fingerprint density at radius 1 is 1.45 bits per heavy atom. The lowest BCUT2D eigenvalue weighted by Gasteiger charge is -2.27. The summed E-state index contributed by atoms with van der Waals surface area (Å²) in [6, 6.07) is 8.46. The number of hydrogen-bond acceptors (Lipinski definition) is 6. The van der Waals surface area contributed by atoms with Gasteiger partial charge < -0.3 is 11.1 Å². The summed E-state index contributed by atoms with van der Waals surface area (Å²) in [6.07, 6.45) is 3.19. The standard InChI is InChI=1S/C15H18N4OS2/c1-9(21-15-19-18-14(16)22-15)13(20)17-12-8-4-6-10-5-2-3-7-11(10)12/h2-3,5,7,9,12H,4,6,8H2,1H3,(H2,16,18)(H,17,20)/t9-,12+/m1/s1. The molecule has 0 saturated carbocycles. The highest BCUT2D eigenvalue weighted by Crippen LogP contribution is 2.31. The van der Waals surface area contributed by atoms with Crippen molar-refractivity contribution in [2.45, 2.75) is 41.8 Å². The molecule has 2 aromatic rings. The maximum absolute atomic E-state index is 12.4. The maximum Gasteiger partial charge on any atom is 0.233 e. The van der Waals surface area contributed by atoms with Gasteiger partial charge in [0.1, 0.15) is 0 Å². The molecule has 2 atom stereocenters. The van der Waals surface area contributed by atoms with Crippen LogP contribution < -0.4 is 11.1 Å². The summed E-state index contributed by atoms with van der Waals surface area (Å²) in [7, 11) is 0. The van der Waals surface area contributed by atoms with Gasteiger partial charge in [-0.05, 0) is 37.3 Å². The predicted octanol–water partition coefficient (Wildman–Crippen LogP) is 2.79. The van der Waals surface area contributed by atoms with Crippen molar-refractivity contribution in [3.05, 3.63) is 35.4 Å². The Kier molecular flexibility index (Phi) is 4.63. The van der Waals surface area contributed by atoms with E-state index in [1.165, 1.54) is 34.2 Å². The van der Waals surface area contributed by atoms with E-state index in [2.05, 4.69) is 33.7 Å². The van der Waals surface area contributed by atoms with Crippen LogP contribution in [0.3, 0.4) is 0 Å². The lowest BCUT2D eigenvalue weighted by Crippen LogP contribution is -2.35. The van der Waals surface area contributed by atoms with Gasteiger partial charge in [-0.1, -0.05) is 47.4 Å². The maximum atomic E-state index is 12.4. The topological polar surface area (TPSA) is 80.9 Å². The number of carbonyl (C=O) groups is 1. The normalized spacial score (nSPS) is 18.5. The summed E-state index contributed by atoms with van der Waals surface area (Å²) in [6.45, 7) is 1.88. The van der Waals surface area contributed by atoms with Crippen LogP contribution in [0.2, 0.25) is 0 Å². The first-order valence-corrected chi connectivity index (χ1v) is 8.97. The molecule has 1 heterocycles. The van der Waals surface area contributed by atoms with Gasteiger partial charge in [0, 0.05) is 0 Å². The molecule has 116 valence electrons. The Balaban J connectivity index is 1.64. The zero-order chi connectivity index (χ0) is 15.5. The molecule has 1 amide bonds. The Hall–Kier alpha value is -1.60. The van der Waals surface area contributed by atoms with E-state index < -0.39 is 0 Å². The number of nitrogens with two attached hydrogens (primary N) is 1. The molecule has 0 spiro atoms. The van der Waals surface area contributed by atoms with Crippen LogP contribution in [0.4, 0.5) is 5.13 Å². The molecule has 7 heteroatoms. The van der Waals surface area contributed by atoms with Gasteiger partial charge in [0.2, 0.25) is 11.0 Å². The van der Waals surface area contributed by atoms with Crippen molar-refractivity contribution < 1.29 is 4.79 Å². The minimum atomic E-state index is -0.221. The van der Waals surface area contributed by atoms with E-state index in [1.807, 2.05) is 13.0 Å². The molecule has 1 aliphatic carbocycles. The van der Waals surface area contributed by atoms with E-state index in [1.54, 1.807) is 0 Å². The molecule has 0 aliphatic heterocycles. The molecule has 3 N–H and O–H groups in total. The number of aromatic nitrogens is 2. The fraction of sp³-hybridized carbons (Fsp3) is 0.400. The quantitative estimate of drug-likeness (QED) is 0.840. The van der Waals surface area contributed by atoms with Crippen LogP contribution in [0.15, 0.2) is 28.6 Å². The van der Waals surface area contributed by atoms with E-state index in [-0.39, 0.29) is 17.2 Å². The minimum absolute atomic E-state index is 0.0282. The van der Waals surface area contributed by atoms with Crippen LogP contribution in [0, 0.1) is 0 Å². The van der Waals surface area contributed by atoms with Gasteiger partial charge in [-0.3, -0.25) is 4.79 Å². The zero-order valence-corrected chi connectivity index (χ0v) is 13.9. The molecule has 1 aliphatic rings. The first-order valence-electron chi connectivity index (χ1n) is 7.27. The molecule has 1 aromatic carbocycles. The minimum Gasteiger partial charge on any atom is -0.374 e. The summed E-state index contributed by atoms with van der Waals surface area (Å²) in [5, 5.41) is 11.1. The number of thioether (sulfide) groups is 1. The Morgan fingerprint density at radius 3 is 3.05 bits per heavy atom. The number of fused-ring (bicyclic) bond motifs is 1. The van der Waals surface area contributed by atoms with Crippen molar-refractivity contribution in [3.8, 4) is 0 Å². The summed E-state index contributed by atoms with van der Waals surface area (Å²) in [5.41, 5.74) is 8.16. The Bertz CT molecular complexity index is 673. The van der Waals surface area contributed by atoms with Crippen LogP contribution in [-0.2, 0) is 11.2 Å². The number of nitrogens with one attached hydrogen (secondary N) is 1. The molecule has 5 nitrogen and oxygen atoms in total. The number of rotatable bonds is 4. The van der Waals surface area contributed by atoms with Gasteiger partial charge in [-0.15, -0.1) is 10.2 Å². The van der Waals surface area contributed by atoms with Crippen LogP contribution in [0.5, 0.6) is 0 Å². The van der Waals surface area contributed by atoms with Crippen LogP contribution >= 0.6 is 23.1 Å². The van der Waals surface area contributed by atoms with Crippen molar-refractivity contribution in [2.24, 2.45) is 0 Å². The molecular weight excluding hydrogens is 316 g/mol. The first-order chi connectivity index (χ1) is 10.6. The fourth-order valence-electron chi connectivity index (χ4n) is 2.67. The van der Waals surface area contributed by atoms with Gasteiger partial charge in [-0.25, -0.2) is 0 Å². The average molecular weight is 334 g/mol. The number of nitrogen functional groups attached to an aromatic ring is 1. The highest BCUT2D eigenvalue weighted by atomic mass is 32.2. The summed E-state index contributed by atoms with van der Waals surface area (Å²) >= 11 is 2.70. The van der Waals surface area contributed by atoms with Crippen molar-refractivity contribution in [3.63, 3.8) is 0 Å². The van der Waals surface area contributed by atoms with Gasteiger partial charge in [0.05, 0.1) is 11.3 Å². The number of amides is 1. The third-order valence-electron chi connectivity index (χ3n) is 3.75. The van der Waals surface area contributed by atoms with E-state index in [4.69, 9.17) is 5.73 Å². The summed E-state index contributed by atoms with van der Waals surface area (Å²) < 4.78 is 0.726. The number of nitrogens with zero attached hydrogens (tertiary/aromatic N) is 2. The predicted molar refractivity (Wildman–Crippen MR) is 89.9 cm³/mol. The molecule has 22 heavy (non-hydrogen) atoms. The highest BCUT2D eigenvalue weighted by molar-refractivity contribution is 8.02. The number of carbonyl (C=O) groups excluding carboxylic acids is 1. The number of anilines is 1. The number of aryl methyl sites for hydroxylation is 1. The summed E-state index contributed by atoms with van der Waals surface area (Å²) in [5.74, 6) is 0.0282. The lowest BCUT2D eigenvalue weighted by molar-refractivity contribution is -0.121. The summed E-state index contributed by atoms with van der Waals surface area (Å²) in [4.78, 5) is 12.4. The molecular formula is C15H18N4OS2. The second-order valence-corrected chi connectivity index (χ2v) is 7.92. The lowest BCUT2D eigenvalue weighted by atomic mass is 9.88. The highest BCUT2D eigenvalue weighted by Gasteiger charge is 2.24. The molecule has 3 rings (SSSR count). The smallest absolute Gasteiger partial charge is 0.233 e. The molecule has 0 fully saturated rings. The second kappa shape index (κ2) is 6.66. The molecule has 0 unspecified atom stereocenters. The Labute approximate surface area is 137 Å². The van der Waals surface area contributed by atoms with Crippen LogP contribution in [0.1, 0.15) is 36.9 Å². The SMILES string of the molecule is C[C@@H](Sc1nnc(N)s1)C(=O)N[C@H]1CCCc2ccccc21. The first kappa shape index (κ1) is 15.3. The molecule has 1 aromatic heterocycles. The Morgan fingerprint density at radius 2 is 2.27 bits per heavy atom. The third-order valence-corrected chi connectivity index (χ3v) is 5.69. The van der Waals surface area contributed by atoms with E-state index in [0.29, 0.717) is 5.13 Å². The van der Waals surface area contributed by atoms with Gasteiger partial charge >= 0.3 is 0 Å². The monoisotopic (exact) mass is 334 g/mol. The van der Waals surface area contributed by atoms with Gasteiger partial charge in [0.15, 0.2) is 4.34 Å². The number of hydrogen-bond donors (Lipinski definition) is 2. The number of benzene rings is 1.